The van der Waals surface area contributed by atoms with Crippen LogP contribution < -0.4 is 11.1 Å². The number of primary amides is 1. The zero-order chi connectivity index (χ0) is 22.2. The van der Waals surface area contributed by atoms with Gasteiger partial charge in [-0.1, -0.05) is 32.0 Å². The lowest BCUT2D eigenvalue weighted by Crippen LogP contribution is -2.58. The van der Waals surface area contributed by atoms with Crippen LogP contribution in [-0.2, 0) is 4.79 Å². The molecule has 0 aliphatic heterocycles. The number of nitrogens with zero attached hydrogens (tertiary/aromatic N) is 3. The van der Waals surface area contributed by atoms with Crippen LogP contribution in [0.4, 0.5) is 0 Å². The number of aromatic nitrogens is 3. The van der Waals surface area contributed by atoms with E-state index in [0.717, 1.165) is 0 Å². The number of carboxylic acid groups (broad SMARTS) is 1. The van der Waals surface area contributed by atoms with Crippen molar-refractivity contribution in [2.45, 2.75) is 33.2 Å². The van der Waals surface area contributed by atoms with Gasteiger partial charge in [-0.2, -0.15) is 5.10 Å². The highest BCUT2D eigenvalue weighted by Gasteiger charge is 2.38. The van der Waals surface area contributed by atoms with Crippen LogP contribution in [0.5, 0.6) is 0 Å². The van der Waals surface area contributed by atoms with Gasteiger partial charge in [0.25, 0.3) is 5.91 Å². The molecule has 156 valence electrons. The third kappa shape index (κ3) is 3.49. The topological polar surface area (TPSA) is 140 Å². The number of amides is 2. The first-order valence-corrected chi connectivity index (χ1v) is 9.37. The standard InChI is InChI=1S/C21H23N5O4/c1-11(2)21(4,20(22)30)24-18(27)16-15(19(28)29)10-14-12(3)25-26(17(14)23-16)13-8-6-5-7-9-13/h5-11H,1-4H3,(H2,22,30)(H,24,27)(H,28,29)/t21-/m1/s1. The number of aryl methyl sites for hydroxylation is 1. The van der Waals surface area contributed by atoms with E-state index in [1.807, 2.05) is 30.3 Å². The van der Waals surface area contributed by atoms with Crippen LogP contribution in [0, 0.1) is 12.8 Å². The molecule has 0 saturated carbocycles. The minimum absolute atomic E-state index is 0.286. The molecule has 1 atom stereocenters. The van der Waals surface area contributed by atoms with E-state index in [-0.39, 0.29) is 17.2 Å². The fourth-order valence-electron chi connectivity index (χ4n) is 3.05. The number of benzene rings is 1. The number of para-hydroxylation sites is 1. The first kappa shape index (κ1) is 21.0. The number of aromatic carboxylic acids is 1. The zero-order valence-corrected chi connectivity index (χ0v) is 17.1. The number of pyridine rings is 1. The van der Waals surface area contributed by atoms with Gasteiger partial charge in [-0.25, -0.2) is 14.5 Å². The highest BCUT2D eigenvalue weighted by molar-refractivity contribution is 6.07. The molecule has 30 heavy (non-hydrogen) atoms. The lowest BCUT2D eigenvalue weighted by atomic mass is 9.87. The van der Waals surface area contributed by atoms with Gasteiger partial charge in [-0.15, -0.1) is 0 Å². The van der Waals surface area contributed by atoms with E-state index in [9.17, 15) is 19.5 Å². The first-order chi connectivity index (χ1) is 14.1. The Balaban J connectivity index is 2.20. The Morgan fingerprint density at radius 3 is 2.37 bits per heavy atom. The summed E-state index contributed by atoms with van der Waals surface area (Å²) in [6.07, 6.45) is 0. The fourth-order valence-corrected chi connectivity index (χ4v) is 3.05. The number of nitrogens with two attached hydrogens (primary N) is 1. The number of rotatable bonds is 6. The molecule has 0 spiro atoms. The summed E-state index contributed by atoms with van der Waals surface area (Å²) in [5.41, 5.74) is 5.12. The van der Waals surface area contributed by atoms with Gasteiger partial charge in [-0.05, 0) is 38.0 Å². The molecular formula is C21H23N5O4. The smallest absolute Gasteiger partial charge is 0.338 e. The molecule has 4 N–H and O–H groups in total. The van der Waals surface area contributed by atoms with Gasteiger partial charge >= 0.3 is 5.97 Å². The monoisotopic (exact) mass is 409 g/mol. The zero-order valence-electron chi connectivity index (χ0n) is 17.1. The molecule has 9 nitrogen and oxygen atoms in total. The Labute approximate surface area is 172 Å². The van der Waals surface area contributed by atoms with E-state index in [4.69, 9.17) is 5.73 Å². The Morgan fingerprint density at radius 2 is 1.83 bits per heavy atom. The second-order valence-electron chi connectivity index (χ2n) is 7.57. The van der Waals surface area contributed by atoms with Crippen LogP contribution in [0.2, 0.25) is 0 Å². The van der Waals surface area contributed by atoms with Crippen LogP contribution in [-0.4, -0.2) is 43.2 Å². The molecule has 0 radical (unpaired) electrons. The van der Waals surface area contributed by atoms with Crippen LogP contribution in [0.25, 0.3) is 16.7 Å². The number of carbonyl (C=O) groups excluding carboxylic acids is 2. The van der Waals surface area contributed by atoms with E-state index in [2.05, 4.69) is 15.4 Å². The minimum atomic E-state index is -1.38. The third-order valence-corrected chi connectivity index (χ3v) is 5.33. The van der Waals surface area contributed by atoms with E-state index in [1.54, 1.807) is 25.5 Å². The van der Waals surface area contributed by atoms with E-state index < -0.39 is 23.3 Å². The molecule has 2 heterocycles. The molecule has 0 aliphatic carbocycles. The quantitative estimate of drug-likeness (QED) is 0.569. The van der Waals surface area contributed by atoms with Crippen molar-refractivity contribution in [3.05, 3.63) is 53.3 Å². The third-order valence-electron chi connectivity index (χ3n) is 5.33. The molecule has 0 bridgehead atoms. The highest BCUT2D eigenvalue weighted by atomic mass is 16.4. The number of fused-ring (bicyclic) bond motifs is 1. The SMILES string of the molecule is Cc1nn(-c2ccccc2)c2nc(C(=O)N[C@@](C)(C(N)=O)C(C)C)c(C(=O)O)cc12. The van der Waals surface area contributed by atoms with Crippen LogP contribution in [0.3, 0.4) is 0 Å². The van der Waals surface area contributed by atoms with Gasteiger partial charge in [-0.3, -0.25) is 9.59 Å². The van der Waals surface area contributed by atoms with Gasteiger partial charge in [0.05, 0.1) is 16.9 Å². The Kier molecular flexibility index (Phi) is 5.30. The van der Waals surface area contributed by atoms with Crippen molar-refractivity contribution in [2.75, 3.05) is 0 Å². The number of hydrogen-bond acceptors (Lipinski definition) is 5. The Morgan fingerprint density at radius 1 is 1.20 bits per heavy atom. The molecule has 0 aliphatic rings. The summed E-state index contributed by atoms with van der Waals surface area (Å²) in [6.45, 7) is 6.69. The van der Waals surface area contributed by atoms with Crippen molar-refractivity contribution >= 4 is 28.8 Å². The van der Waals surface area contributed by atoms with Crippen molar-refractivity contribution in [3.8, 4) is 5.69 Å². The summed E-state index contributed by atoms with van der Waals surface area (Å²) in [7, 11) is 0. The molecule has 1 aromatic carbocycles. The molecule has 3 aromatic rings. The summed E-state index contributed by atoms with van der Waals surface area (Å²) in [5.74, 6) is -3.17. The van der Waals surface area contributed by atoms with Crippen LogP contribution >= 0.6 is 0 Å². The molecular weight excluding hydrogens is 386 g/mol. The van der Waals surface area contributed by atoms with Crippen molar-refractivity contribution in [1.82, 2.24) is 20.1 Å². The molecule has 2 aromatic heterocycles. The molecule has 0 fully saturated rings. The number of carbonyl (C=O) groups is 3. The average molecular weight is 409 g/mol. The molecule has 3 rings (SSSR count). The van der Waals surface area contributed by atoms with Gasteiger partial charge in [0.1, 0.15) is 11.2 Å². The predicted molar refractivity (Wildman–Crippen MR) is 110 cm³/mol. The average Bonchev–Trinajstić information content (AvgIpc) is 3.03. The maximum absolute atomic E-state index is 13.0. The summed E-state index contributed by atoms with van der Waals surface area (Å²) in [6, 6.07) is 10.5. The Bertz CT molecular complexity index is 1150. The molecule has 2 amide bonds. The van der Waals surface area contributed by atoms with Gasteiger partial charge < -0.3 is 16.2 Å². The summed E-state index contributed by atoms with van der Waals surface area (Å²) in [5, 5.41) is 17.2. The second kappa shape index (κ2) is 7.58. The lowest BCUT2D eigenvalue weighted by Gasteiger charge is -2.31. The maximum Gasteiger partial charge on any atom is 0.338 e. The van der Waals surface area contributed by atoms with E-state index in [1.165, 1.54) is 13.0 Å². The van der Waals surface area contributed by atoms with Gasteiger partial charge in [0.15, 0.2) is 5.65 Å². The molecule has 0 saturated heterocycles. The normalized spacial score (nSPS) is 13.2. The predicted octanol–water partition coefficient (Wildman–Crippen LogP) is 2.06. The molecule has 9 heteroatoms. The fraction of sp³-hybridized carbons (Fsp3) is 0.286. The van der Waals surface area contributed by atoms with Crippen molar-refractivity contribution in [1.29, 1.82) is 0 Å². The van der Waals surface area contributed by atoms with Gasteiger partial charge in [0.2, 0.25) is 5.91 Å². The van der Waals surface area contributed by atoms with Crippen molar-refractivity contribution < 1.29 is 19.5 Å². The largest absolute Gasteiger partial charge is 0.478 e. The number of hydrogen-bond donors (Lipinski definition) is 3. The highest BCUT2D eigenvalue weighted by Crippen LogP contribution is 2.24. The first-order valence-electron chi connectivity index (χ1n) is 9.37. The lowest BCUT2D eigenvalue weighted by molar-refractivity contribution is -0.125. The summed E-state index contributed by atoms with van der Waals surface area (Å²) in [4.78, 5) is 41.2. The van der Waals surface area contributed by atoms with Crippen LogP contribution in [0.1, 0.15) is 47.3 Å². The second-order valence-corrected chi connectivity index (χ2v) is 7.57. The van der Waals surface area contributed by atoms with E-state index in [0.29, 0.717) is 22.4 Å². The van der Waals surface area contributed by atoms with Crippen molar-refractivity contribution in [2.24, 2.45) is 11.7 Å². The van der Waals surface area contributed by atoms with Crippen molar-refractivity contribution in [3.63, 3.8) is 0 Å². The number of nitrogens with one attached hydrogen (secondary N) is 1. The summed E-state index contributed by atoms with van der Waals surface area (Å²) >= 11 is 0. The van der Waals surface area contributed by atoms with Gasteiger partial charge in [0, 0.05) is 5.39 Å². The minimum Gasteiger partial charge on any atom is -0.478 e. The molecule has 0 unspecified atom stereocenters. The van der Waals surface area contributed by atoms with Crippen LogP contribution in [0.15, 0.2) is 36.4 Å². The van der Waals surface area contributed by atoms with E-state index >= 15 is 0 Å². The summed E-state index contributed by atoms with van der Waals surface area (Å²) < 4.78 is 1.54. The maximum atomic E-state index is 13.0. The Hall–Kier alpha value is -3.75. The number of carboxylic acids is 1.